The highest BCUT2D eigenvalue weighted by Crippen LogP contribution is 2.29. The van der Waals surface area contributed by atoms with Gasteiger partial charge in [-0.25, -0.2) is 0 Å². The van der Waals surface area contributed by atoms with Crippen LogP contribution in [0.15, 0.2) is 0 Å². The van der Waals surface area contributed by atoms with Crippen LogP contribution in [-0.2, 0) is 9.59 Å². The maximum absolute atomic E-state index is 11.6. The number of carboxylic acid groups (broad SMARTS) is 1. The lowest BCUT2D eigenvalue weighted by Crippen LogP contribution is -2.37. The lowest BCUT2D eigenvalue weighted by molar-refractivity contribution is -0.144. The Morgan fingerprint density at radius 3 is 2.53 bits per heavy atom. The zero-order valence-electron chi connectivity index (χ0n) is 8.61. The fourth-order valence-electron chi connectivity index (χ4n) is 1.58. The van der Waals surface area contributed by atoms with Gasteiger partial charge < -0.3 is 10.0 Å². The minimum Gasteiger partial charge on any atom is -0.480 e. The zero-order valence-corrected chi connectivity index (χ0v) is 8.61. The van der Waals surface area contributed by atoms with Gasteiger partial charge in [-0.05, 0) is 18.8 Å². The smallest absolute Gasteiger partial charge is 0.323 e. The van der Waals surface area contributed by atoms with Crippen molar-refractivity contribution in [1.82, 2.24) is 4.90 Å². The van der Waals surface area contributed by atoms with E-state index in [1.54, 1.807) is 0 Å². The van der Waals surface area contributed by atoms with Gasteiger partial charge in [0.15, 0.2) is 0 Å². The van der Waals surface area contributed by atoms with E-state index in [0.717, 1.165) is 12.8 Å². The summed E-state index contributed by atoms with van der Waals surface area (Å²) >= 11 is 0. The maximum Gasteiger partial charge on any atom is 0.323 e. The molecule has 1 aliphatic carbocycles. The molecule has 0 radical (unpaired) electrons. The van der Waals surface area contributed by atoms with Gasteiger partial charge >= 0.3 is 5.97 Å². The third-order valence-corrected chi connectivity index (χ3v) is 2.65. The minimum absolute atomic E-state index is 0.0812. The first-order chi connectivity index (χ1) is 7.13. The first kappa shape index (κ1) is 11.6. The predicted octanol–water partition coefficient (Wildman–Crippen LogP) is 0.723. The number of terminal acetylenes is 1. The summed E-state index contributed by atoms with van der Waals surface area (Å²) in [6, 6.07) is 0. The molecule has 0 aromatic heterocycles. The summed E-state index contributed by atoms with van der Waals surface area (Å²) in [5.41, 5.74) is 0. The Bertz CT molecular complexity index is 289. The molecule has 1 rings (SSSR count). The fraction of sp³-hybridized carbons (Fsp3) is 0.636. The second-order valence-corrected chi connectivity index (χ2v) is 3.85. The van der Waals surface area contributed by atoms with Crippen LogP contribution >= 0.6 is 0 Å². The second-order valence-electron chi connectivity index (χ2n) is 3.85. The molecule has 1 amide bonds. The number of hydrogen-bond acceptors (Lipinski definition) is 2. The van der Waals surface area contributed by atoms with Crippen molar-refractivity contribution in [2.24, 2.45) is 5.92 Å². The van der Waals surface area contributed by atoms with Crippen LogP contribution in [0.25, 0.3) is 0 Å². The van der Waals surface area contributed by atoms with E-state index in [9.17, 15) is 9.59 Å². The second kappa shape index (κ2) is 5.40. The fourth-order valence-corrected chi connectivity index (χ4v) is 1.58. The molecule has 0 aromatic rings. The summed E-state index contributed by atoms with van der Waals surface area (Å²) < 4.78 is 0. The molecular formula is C11H15NO3. The van der Waals surface area contributed by atoms with Gasteiger partial charge in [-0.3, -0.25) is 9.59 Å². The number of aliphatic carboxylic acids is 1. The van der Waals surface area contributed by atoms with E-state index in [4.69, 9.17) is 11.5 Å². The van der Waals surface area contributed by atoms with Gasteiger partial charge in [-0.15, -0.1) is 6.42 Å². The van der Waals surface area contributed by atoms with Crippen LogP contribution in [0.3, 0.4) is 0 Å². The summed E-state index contributed by atoms with van der Waals surface area (Å²) in [5.74, 6) is 1.58. The van der Waals surface area contributed by atoms with Crippen molar-refractivity contribution in [3.63, 3.8) is 0 Å². The highest BCUT2D eigenvalue weighted by Gasteiger charge is 2.24. The van der Waals surface area contributed by atoms with Crippen molar-refractivity contribution >= 4 is 11.9 Å². The van der Waals surface area contributed by atoms with E-state index < -0.39 is 5.97 Å². The monoisotopic (exact) mass is 209 g/mol. The Morgan fingerprint density at radius 2 is 2.13 bits per heavy atom. The molecule has 1 fully saturated rings. The van der Waals surface area contributed by atoms with Crippen LogP contribution in [0.2, 0.25) is 0 Å². The van der Waals surface area contributed by atoms with Gasteiger partial charge in [-0.1, -0.05) is 12.3 Å². The molecule has 0 atom stereocenters. The maximum atomic E-state index is 11.6. The van der Waals surface area contributed by atoms with Gasteiger partial charge in [0.05, 0.1) is 6.54 Å². The number of rotatable bonds is 5. The lowest BCUT2D eigenvalue weighted by atomic mass is 9.82. The molecular weight excluding hydrogens is 194 g/mol. The van der Waals surface area contributed by atoms with Gasteiger partial charge in [0.2, 0.25) is 5.91 Å². The molecule has 0 unspecified atom stereocenters. The molecule has 0 saturated heterocycles. The Morgan fingerprint density at radius 1 is 1.47 bits per heavy atom. The number of carboxylic acids is 1. The van der Waals surface area contributed by atoms with Crippen LogP contribution in [0.1, 0.15) is 25.7 Å². The van der Waals surface area contributed by atoms with E-state index in [1.807, 2.05) is 0 Å². The third kappa shape index (κ3) is 3.62. The molecule has 0 spiro atoms. The molecule has 15 heavy (non-hydrogen) atoms. The lowest BCUT2D eigenvalue weighted by Gasteiger charge is -2.27. The average molecular weight is 209 g/mol. The van der Waals surface area contributed by atoms with Crippen molar-refractivity contribution in [3.05, 3.63) is 0 Å². The minimum atomic E-state index is -1.02. The van der Waals surface area contributed by atoms with E-state index in [1.165, 1.54) is 11.3 Å². The van der Waals surface area contributed by atoms with Gasteiger partial charge in [-0.2, -0.15) is 0 Å². The summed E-state index contributed by atoms with van der Waals surface area (Å²) in [5, 5.41) is 8.60. The standard InChI is InChI=1S/C11H15NO3/c1-2-6-12(8-11(14)15)10(13)7-9-4-3-5-9/h1,9H,3-8H2,(H,14,15). The highest BCUT2D eigenvalue weighted by atomic mass is 16.4. The zero-order chi connectivity index (χ0) is 11.3. The van der Waals surface area contributed by atoms with Crippen LogP contribution < -0.4 is 0 Å². The highest BCUT2D eigenvalue weighted by molar-refractivity contribution is 5.81. The molecule has 0 heterocycles. The van der Waals surface area contributed by atoms with Crippen LogP contribution in [-0.4, -0.2) is 35.0 Å². The first-order valence-electron chi connectivity index (χ1n) is 5.06. The molecule has 1 N–H and O–H groups in total. The summed E-state index contributed by atoms with van der Waals surface area (Å²) in [6.45, 7) is -0.215. The average Bonchev–Trinajstić information content (AvgIpc) is 2.09. The SMILES string of the molecule is C#CCN(CC(=O)O)C(=O)CC1CCC1. The largest absolute Gasteiger partial charge is 0.480 e. The van der Waals surface area contributed by atoms with Gasteiger partial charge in [0, 0.05) is 6.42 Å². The normalized spacial score (nSPS) is 15.1. The number of carbonyl (C=O) groups excluding carboxylic acids is 1. The van der Waals surface area contributed by atoms with E-state index in [2.05, 4.69) is 5.92 Å². The molecule has 0 aromatic carbocycles. The predicted molar refractivity (Wildman–Crippen MR) is 55.0 cm³/mol. The van der Waals surface area contributed by atoms with Crippen molar-refractivity contribution in [2.75, 3.05) is 13.1 Å². The van der Waals surface area contributed by atoms with E-state index in [0.29, 0.717) is 12.3 Å². The quantitative estimate of drug-likeness (QED) is 0.679. The molecule has 82 valence electrons. The molecule has 4 heteroatoms. The summed E-state index contributed by atoms with van der Waals surface area (Å²) in [7, 11) is 0. The number of hydrogen-bond donors (Lipinski definition) is 1. The molecule has 0 bridgehead atoms. The molecule has 1 aliphatic rings. The van der Waals surface area contributed by atoms with Crippen molar-refractivity contribution in [2.45, 2.75) is 25.7 Å². The van der Waals surface area contributed by atoms with Crippen LogP contribution in [0, 0.1) is 18.3 Å². The van der Waals surface area contributed by atoms with Gasteiger partial charge in [0.25, 0.3) is 0 Å². The Kier molecular flexibility index (Phi) is 4.17. The first-order valence-corrected chi connectivity index (χ1v) is 5.06. The van der Waals surface area contributed by atoms with Crippen LogP contribution in [0.4, 0.5) is 0 Å². The number of nitrogens with zero attached hydrogens (tertiary/aromatic N) is 1. The Balaban J connectivity index is 2.42. The number of amides is 1. The van der Waals surface area contributed by atoms with E-state index >= 15 is 0 Å². The molecule has 4 nitrogen and oxygen atoms in total. The Hall–Kier alpha value is -1.50. The Labute approximate surface area is 89.3 Å². The summed E-state index contributed by atoms with van der Waals surface area (Å²) in [6.07, 6.45) is 8.84. The summed E-state index contributed by atoms with van der Waals surface area (Å²) in [4.78, 5) is 23.4. The van der Waals surface area contributed by atoms with Crippen molar-refractivity contribution in [1.29, 1.82) is 0 Å². The molecule has 1 saturated carbocycles. The topological polar surface area (TPSA) is 57.6 Å². The van der Waals surface area contributed by atoms with Gasteiger partial charge in [0.1, 0.15) is 6.54 Å². The third-order valence-electron chi connectivity index (χ3n) is 2.65. The molecule has 0 aliphatic heterocycles. The van der Waals surface area contributed by atoms with Crippen LogP contribution in [0.5, 0.6) is 0 Å². The van der Waals surface area contributed by atoms with Crippen molar-refractivity contribution < 1.29 is 14.7 Å². The van der Waals surface area contributed by atoms with Crippen molar-refractivity contribution in [3.8, 4) is 12.3 Å². The number of carbonyl (C=O) groups is 2. The van der Waals surface area contributed by atoms with E-state index in [-0.39, 0.29) is 19.0 Å².